The number of methoxy groups -OCH3 is 1. The van der Waals surface area contributed by atoms with Crippen LogP contribution in [-0.2, 0) is 11.2 Å². The first-order valence-corrected chi connectivity index (χ1v) is 8.58. The summed E-state index contributed by atoms with van der Waals surface area (Å²) < 4.78 is 6.67. The van der Waals surface area contributed by atoms with Crippen LogP contribution >= 0.6 is 31.9 Å². The highest BCUT2D eigenvalue weighted by Crippen LogP contribution is 2.33. The van der Waals surface area contributed by atoms with Gasteiger partial charge in [-0.15, -0.1) is 0 Å². The second-order valence-electron chi connectivity index (χ2n) is 4.87. The molecule has 0 aromatic heterocycles. The fourth-order valence-corrected chi connectivity index (χ4v) is 3.62. The van der Waals surface area contributed by atoms with Crippen LogP contribution in [0.15, 0.2) is 50.4 Å². The van der Waals surface area contributed by atoms with Gasteiger partial charge in [-0.25, -0.2) is 5.43 Å². The first-order chi connectivity index (χ1) is 11.9. The Bertz CT molecular complexity index is 817. The molecule has 25 heavy (non-hydrogen) atoms. The Labute approximate surface area is 160 Å². The molecule has 9 heteroatoms. The Morgan fingerprint density at radius 2 is 1.96 bits per heavy atom. The van der Waals surface area contributed by atoms with Crippen LogP contribution < -0.4 is 10.2 Å². The SMILES string of the molecule is COc1c(Br)cc(C=NNC(=O)Cc2ccccc2[N+](=O)[O-])cc1Br. The second-order valence-corrected chi connectivity index (χ2v) is 6.58. The predicted molar refractivity (Wildman–Crippen MR) is 101 cm³/mol. The normalized spacial score (nSPS) is 10.7. The maximum Gasteiger partial charge on any atom is 0.273 e. The summed E-state index contributed by atoms with van der Waals surface area (Å²) >= 11 is 6.75. The van der Waals surface area contributed by atoms with Crippen molar-refractivity contribution < 1.29 is 14.5 Å². The number of nitro groups is 1. The summed E-state index contributed by atoms with van der Waals surface area (Å²) in [6.07, 6.45) is 1.33. The van der Waals surface area contributed by atoms with Crippen molar-refractivity contribution in [3.63, 3.8) is 0 Å². The maximum absolute atomic E-state index is 11.9. The van der Waals surface area contributed by atoms with E-state index >= 15 is 0 Å². The number of para-hydroxylation sites is 1. The summed E-state index contributed by atoms with van der Waals surface area (Å²) in [6, 6.07) is 9.66. The standard InChI is InChI=1S/C16H13Br2N3O4/c1-25-16-12(17)6-10(7-13(16)18)9-19-20-15(22)8-11-4-2-3-5-14(11)21(23)24/h2-7,9H,8H2,1H3,(H,20,22). The lowest BCUT2D eigenvalue weighted by Gasteiger charge is -2.06. The van der Waals surface area contributed by atoms with Crippen LogP contribution in [0.3, 0.4) is 0 Å². The highest BCUT2D eigenvalue weighted by molar-refractivity contribution is 9.11. The van der Waals surface area contributed by atoms with Gasteiger partial charge in [0.05, 0.1) is 33.6 Å². The van der Waals surface area contributed by atoms with Crippen LogP contribution in [0.25, 0.3) is 0 Å². The Kier molecular flexibility index (Phi) is 6.65. The van der Waals surface area contributed by atoms with Crippen LogP contribution in [-0.4, -0.2) is 24.2 Å². The molecule has 1 N–H and O–H groups in total. The van der Waals surface area contributed by atoms with E-state index in [9.17, 15) is 14.9 Å². The number of hydrogen-bond acceptors (Lipinski definition) is 5. The van der Waals surface area contributed by atoms with Crippen LogP contribution in [0.1, 0.15) is 11.1 Å². The molecular weight excluding hydrogens is 458 g/mol. The van der Waals surface area contributed by atoms with Gasteiger partial charge in [0.2, 0.25) is 5.91 Å². The Morgan fingerprint density at radius 1 is 1.32 bits per heavy atom. The first-order valence-electron chi connectivity index (χ1n) is 6.99. The molecule has 7 nitrogen and oxygen atoms in total. The molecule has 2 aromatic rings. The minimum absolute atomic E-state index is 0.0929. The van der Waals surface area contributed by atoms with Crippen LogP contribution in [0.2, 0.25) is 0 Å². The Hall–Kier alpha value is -2.26. The lowest BCUT2D eigenvalue weighted by molar-refractivity contribution is -0.385. The molecule has 0 aliphatic heterocycles. The summed E-state index contributed by atoms with van der Waals surface area (Å²) in [4.78, 5) is 22.4. The number of nitrogens with zero attached hydrogens (tertiary/aromatic N) is 2. The smallest absolute Gasteiger partial charge is 0.273 e. The van der Waals surface area contributed by atoms with Crippen LogP contribution in [0.5, 0.6) is 5.75 Å². The van der Waals surface area contributed by atoms with E-state index < -0.39 is 10.8 Å². The largest absolute Gasteiger partial charge is 0.494 e. The summed E-state index contributed by atoms with van der Waals surface area (Å²) in [5.74, 6) is 0.203. The van der Waals surface area contributed by atoms with Crippen molar-refractivity contribution in [1.82, 2.24) is 5.43 Å². The average molecular weight is 471 g/mol. The molecule has 130 valence electrons. The number of carbonyl (C=O) groups excluding carboxylic acids is 1. The highest BCUT2D eigenvalue weighted by Gasteiger charge is 2.15. The van der Waals surface area contributed by atoms with E-state index in [1.54, 1.807) is 37.4 Å². The third-order valence-electron chi connectivity index (χ3n) is 3.17. The van der Waals surface area contributed by atoms with Crippen LogP contribution in [0, 0.1) is 10.1 Å². The topological polar surface area (TPSA) is 93.8 Å². The third-order valence-corrected chi connectivity index (χ3v) is 4.35. The van der Waals surface area contributed by atoms with E-state index in [2.05, 4.69) is 42.4 Å². The van der Waals surface area contributed by atoms with E-state index in [-0.39, 0.29) is 12.1 Å². The van der Waals surface area contributed by atoms with Crippen molar-refractivity contribution >= 4 is 49.7 Å². The first kappa shape index (κ1) is 19.1. The van der Waals surface area contributed by atoms with E-state index in [0.29, 0.717) is 11.3 Å². The summed E-state index contributed by atoms with van der Waals surface area (Å²) in [6.45, 7) is 0. The molecule has 0 saturated heterocycles. The van der Waals surface area contributed by atoms with Crippen molar-refractivity contribution in [1.29, 1.82) is 0 Å². The van der Waals surface area contributed by atoms with Gasteiger partial charge in [-0.1, -0.05) is 18.2 Å². The number of amides is 1. The highest BCUT2D eigenvalue weighted by atomic mass is 79.9. The van der Waals surface area contributed by atoms with Gasteiger partial charge < -0.3 is 4.74 Å². The molecule has 0 aliphatic rings. The van der Waals surface area contributed by atoms with Gasteiger partial charge >= 0.3 is 0 Å². The quantitative estimate of drug-likeness (QED) is 0.394. The minimum atomic E-state index is -0.516. The number of ether oxygens (including phenoxy) is 1. The molecule has 2 aromatic carbocycles. The van der Waals surface area contributed by atoms with Crippen molar-refractivity contribution in [2.45, 2.75) is 6.42 Å². The molecule has 2 rings (SSSR count). The van der Waals surface area contributed by atoms with Gasteiger partial charge in [-0.3, -0.25) is 14.9 Å². The molecule has 0 bridgehead atoms. The number of nitrogens with one attached hydrogen (secondary N) is 1. The predicted octanol–water partition coefficient (Wildman–Crippen LogP) is 3.82. The zero-order valence-electron chi connectivity index (χ0n) is 13.0. The second kappa shape index (κ2) is 8.72. The maximum atomic E-state index is 11.9. The Morgan fingerprint density at radius 3 is 2.56 bits per heavy atom. The molecule has 0 atom stereocenters. The van der Waals surface area contributed by atoms with Gasteiger partial charge in [-0.2, -0.15) is 5.10 Å². The molecule has 0 fully saturated rings. The molecule has 0 saturated carbocycles. The van der Waals surface area contributed by atoms with E-state index in [1.807, 2.05) is 0 Å². The van der Waals surface area contributed by atoms with Gasteiger partial charge in [0.1, 0.15) is 5.75 Å². The molecule has 0 heterocycles. The average Bonchev–Trinajstić information content (AvgIpc) is 2.55. The van der Waals surface area contributed by atoms with Gasteiger partial charge in [0, 0.05) is 11.6 Å². The molecular formula is C16H13Br2N3O4. The summed E-state index contributed by atoms with van der Waals surface area (Å²) in [7, 11) is 1.56. The fourth-order valence-electron chi connectivity index (χ4n) is 2.08. The van der Waals surface area contributed by atoms with E-state index in [0.717, 1.165) is 14.5 Å². The zero-order valence-corrected chi connectivity index (χ0v) is 16.2. The van der Waals surface area contributed by atoms with Gasteiger partial charge in [-0.05, 0) is 49.6 Å². The number of nitro benzene ring substituents is 1. The van der Waals surface area contributed by atoms with Crippen molar-refractivity contribution in [3.05, 3.63) is 66.6 Å². The summed E-state index contributed by atoms with van der Waals surface area (Å²) in [5.41, 5.74) is 3.32. The van der Waals surface area contributed by atoms with Crippen molar-refractivity contribution in [2.75, 3.05) is 7.11 Å². The molecule has 0 radical (unpaired) electrons. The monoisotopic (exact) mass is 469 g/mol. The minimum Gasteiger partial charge on any atom is -0.494 e. The lowest BCUT2D eigenvalue weighted by atomic mass is 10.1. The van der Waals surface area contributed by atoms with Crippen molar-refractivity contribution in [3.8, 4) is 5.75 Å². The lowest BCUT2D eigenvalue weighted by Crippen LogP contribution is -2.20. The summed E-state index contributed by atoms with van der Waals surface area (Å²) in [5, 5.41) is 14.8. The number of carbonyl (C=O) groups is 1. The van der Waals surface area contributed by atoms with Crippen LogP contribution in [0.4, 0.5) is 5.69 Å². The van der Waals surface area contributed by atoms with Gasteiger partial charge in [0.25, 0.3) is 5.69 Å². The fraction of sp³-hybridized carbons (Fsp3) is 0.125. The zero-order chi connectivity index (χ0) is 18.4. The van der Waals surface area contributed by atoms with E-state index in [1.165, 1.54) is 12.3 Å². The number of halogens is 2. The molecule has 0 spiro atoms. The number of benzene rings is 2. The Balaban J connectivity index is 2.03. The number of hydrogen-bond donors (Lipinski definition) is 1. The third kappa shape index (κ3) is 5.10. The molecule has 0 aliphatic carbocycles. The molecule has 1 amide bonds. The number of hydrazone groups is 1. The molecule has 0 unspecified atom stereocenters. The number of rotatable bonds is 6. The van der Waals surface area contributed by atoms with Gasteiger partial charge in [0.15, 0.2) is 0 Å². The van der Waals surface area contributed by atoms with Crippen molar-refractivity contribution in [2.24, 2.45) is 5.10 Å². The van der Waals surface area contributed by atoms with E-state index in [4.69, 9.17) is 4.74 Å².